The molecule has 1 aromatic carbocycles. The van der Waals surface area contributed by atoms with Crippen LogP contribution in [0.15, 0.2) is 21.9 Å². The maximum absolute atomic E-state index is 5.42. The number of hydrogen-bond acceptors (Lipinski definition) is 3. The average Bonchev–Trinajstić information content (AvgIpc) is 2.50. The molecule has 0 saturated heterocycles. The van der Waals surface area contributed by atoms with E-state index in [2.05, 4.69) is 43.1 Å². The number of rotatable bonds is 2. The number of nitrogens with zero attached hydrogens (tertiary/aromatic N) is 1. The highest BCUT2D eigenvalue weighted by molar-refractivity contribution is 8.01. The van der Waals surface area contributed by atoms with Gasteiger partial charge in [0.2, 0.25) is 0 Å². The Kier molecular flexibility index (Phi) is 3.09. The summed E-state index contributed by atoms with van der Waals surface area (Å²) in [6, 6.07) is 4.22. The molecular formula is C12H15N2S2+. The number of thioether (sulfide) groups is 2. The van der Waals surface area contributed by atoms with E-state index in [4.69, 9.17) is 6.57 Å². The summed E-state index contributed by atoms with van der Waals surface area (Å²) in [6.07, 6.45) is 0. The molecular weight excluding hydrogens is 236 g/mol. The number of hydrogen-bond donors (Lipinski definition) is 1. The second-order valence-electron chi connectivity index (χ2n) is 4.12. The third-order valence-corrected chi connectivity index (χ3v) is 4.40. The van der Waals surface area contributed by atoms with Crippen molar-refractivity contribution in [1.29, 1.82) is 0 Å². The van der Waals surface area contributed by atoms with E-state index in [1.54, 1.807) is 11.8 Å². The van der Waals surface area contributed by atoms with Crippen molar-refractivity contribution < 1.29 is 0 Å². The van der Waals surface area contributed by atoms with E-state index in [9.17, 15) is 0 Å². The maximum atomic E-state index is 5.42. The smallest absolute Gasteiger partial charge is 0.354 e. The fourth-order valence-electron chi connectivity index (χ4n) is 1.73. The normalized spacial score (nSPS) is 16.4. The monoisotopic (exact) mass is 251 g/mol. The first-order valence-electron chi connectivity index (χ1n) is 5.24. The van der Waals surface area contributed by atoms with E-state index in [-0.39, 0.29) is 4.87 Å². The van der Waals surface area contributed by atoms with Crippen LogP contribution >= 0.6 is 23.5 Å². The minimum absolute atomic E-state index is 0.0592. The van der Waals surface area contributed by atoms with E-state index in [0.717, 1.165) is 16.3 Å². The number of nitrogens with one attached hydrogen (secondary N) is 1. The summed E-state index contributed by atoms with van der Waals surface area (Å²) >= 11 is 3.58. The third-order valence-electron chi connectivity index (χ3n) is 2.30. The quantitative estimate of drug-likeness (QED) is 0.771. The van der Waals surface area contributed by atoms with Gasteiger partial charge in [-0.1, -0.05) is 18.7 Å². The molecule has 16 heavy (non-hydrogen) atoms. The summed E-state index contributed by atoms with van der Waals surface area (Å²) in [5.41, 5.74) is 2.08. The van der Waals surface area contributed by atoms with Gasteiger partial charge in [0.15, 0.2) is 0 Å². The lowest BCUT2D eigenvalue weighted by atomic mass is 10.2. The van der Waals surface area contributed by atoms with Crippen LogP contribution in [0, 0.1) is 6.57 Å². The molecule has 0 spiro atoms. The van der Waals surface area contributed by atoms with Crippen molar-refractivity contribution in [3.8, 4) is 6.57 Å². The molecule has 1 aliphatic rings. The Morgan fingerprint density at radius 1 is 1.50 bits per heavy atom. The van der Waals surface area contributed by atoms with Crippen molar-refractivity contribution in [2.75, 3.05) is 11.1 Å². The van der Waals surface area contributed by atoms with Gasteiger partial charge in [-0.2, -0.15) is 0 Å². The summed E-state index contributed by atoms with van der Waals surface area (Å²) in [7, 11) is 0. The first kappa shape index (κ1) is 11.7. The zero-order valence-electron chi connectivity index (χ0n) is 9.70. The predicted octanol–water partition coefficient (Wildman–Crippen LogP) is 4.65. The van der Waals surface area contributed by atoms with Crippen LogP contribution in [0.4, 0.5) is 11.4 Å². The molecule has 2 nitrogen and oxygen atoms in total. The van der Waals surface area contributed by atoms with Gasteiger partial charge < -0.3 is 5.32 Å². The van der Waals surface area contributed by atoms with Crippen LogP contribution in [-0.2, 0) is 0 Å². The van der Waals surface area contributed by atoms with Gasteiger partial charge in [0.1, 0.15) is 4.90 Å². The molecule has 0 unspecified atom stereocenters. The van der Waals surface area contributed by atoms with Crippen LogP contribution in [0.2, 0.25) is 0 Å². The summed E-state index contributed by atoms with van der Waals surface area (Å²) in [6.45, 7) is 11.9. The van der Waals surface area contributed by atoms with Gasteiger partial charge in [-0.15, -0.1) is 11.8 Å². The van der Waals surface area contributed by atoms with E-state index >= 15 is 0 Å². The van der Waals surface area contributed by atoms with Crippen LogP contribution in [0.5, 0.6) is 0 Å². The molecule has 84 valence electrons. The van der Waals surface area contributed by atoms with Crippen LogP contribution in [0.25, 0.3) is 4.85 Å². The van der Waals surface area contributed by atoms with Gasteiger partial charge in [-0.25, -0.2) is 0 Å². The van der Waals surface area contributed by atoms with E-state index < -0.39 is 0 Å². The minimum atomic E-state index is 0.0592. The average molecular weight is 251 g/mol. The molecule has 0 bridgehead atoms. The molecule has 0 fully saturated rings. The van der Waals surface area contributed by atoms with E-state index in [1.165, 1.54) is 10.6 Å². The summed E-state index contributed by atoms with van der Waals surface area (Å²) in [4.78, 5) is 6.29. The van der Waals surface area contributed by atoms with Gasteiger partial charge >= 0.3 is 5.69 Å². The Hall–Kier alpha value is -0.790. The van der Waals surface area contributed by atoms with Crippen LogP contribution in [-0.4, -0.2) is 10.6 Å². The van der Waals surface area contributed by atoms with E-state index in [1.807, 2.05) is 11.8 Å². The zero-order chi connectivity index (χ0) is 11.8. The fraction of sp³-hybridized carbons (Fsp3) is 0.417. The van der Waals surface area contributed by atoms with Crippen molar-refractivity contribution in [3.05, 3.63) is 17.0 Å². The Morgan fingerprint density at radius 3 is 2.88 bits per heavy atom. The van der Waals surface area contributed by atoms with Gasteiger partial charge in [0, 0.05) is 11.0 Å². The van der Waals surface area contributed by atoms with Crippen LogP contribution in [0.3, 0.4) is 0 Å². The summed E-state index contributed by atoms with van der Waals surface area (Å²) in [5.74, 6) is 1.03. The van der Waals surface area contributed by atoms with Crippen molar-refractivity contribution in [3.63, 3.8) is 0 Å². The molecule has 0 saturated carbocycles. The molecule has 0 aliphatic carbocycles. The summed E-state index contributed by atoms with van der Waals surface area (Å²) in [5, 5.41) is 3.49. The molecule has 0 atom stereocenters. The predicted molar refractivity (Wildman–Crippen MR) is 74.4 cm³/mol. The van der Waals surface area contributed by atoms with Crippen molar-refractivity contribution in [2.24, 2.45) is 0 Å². The molecule has 2 rings (SSSR count). The van der Waals surface area contributed by atoms with Crippen molar-refractivity contribution >= 4 is 34.9 Å². The molecule has 1 heterocycles. The van der Waals surface area contributed by atoms with Gasteiger partial charge in [0.05, 0.1) is 10.6 Å². The largest absolute Gasteiger partial charge is 0.370 e. The highest BCUT2D eigenvalue weighted by Crippen LogP contribution is 2.48. The Balaban J connectivity index is 2.43. The topological polar surface area (TPSA) is 16.4 Å². The molecule has 0 aromatic heterocycles. The second kappa shape index (κ2) is 4.23. The number of benzene rings is 1. The Bertz CT molecular complexity index is 461. The third kappa shape index (κ3) is 2.16. The maximum Gasteiger partial charge on any atom is 0.354 e. The molecule has 1 aliphatic heterocycles. The lowest BCUT2D eigenvalue weighted by Gasteiger charge is -2.16. The molecule has 1 N–H and O–H groups in total. The van der Waals surface area contributed by atoms with Crippen molar-refractivity contribution in [2.45, 2.75) is 35.4 Å². The van der Waals surface area contributed by atoms with Crippen molar-refractivity contribution in [1.82, 2.24) is 0 Å². The molecule has 0 amide bonds. The van der Waals surface area contributed by atoms with Crippen LogP contribution < -0.4 is 5.32 Å². The first-order chi connectivity index (χ1) is 7.55. The Labute approximate surface area is 105 Å². The van der Waals surface area contributed by atoms with Gasteiger partial charge in [0.25, 0.3) is 6.57 Å². The number of fused-ring (bicyclic) bond motifs is 1. The first-order valence-corrected chi connectivity index (χ1v) is 7.05. The molecule has 0 radical (unpaired) electrons. The van der Waals surface area contributed by atoms with Gasteiger partial charge in [-0.3, -0.25) is 0 Å². The summed E-state index contributed by atoms with van der Waals surface area (Å²) < 4.78 is 0. The zero-order valence-corrected chi connectivity index (χ0v) is 11.3. The molecule has 4 heteroatoms. The SMILES string of the molecule is C#[N+]c1cc2c(cc1SCC)NC(C)(C)S2. The van der Waals surface area contributed by atoms with Gasteiger partial charge in [-0.05, 0) is 30.5 Å². The highest BCUT2D eigenvalue weighted by Gasteiger charge is 2.31. The fourth-order valence-corrected chi connectivity index (χ4v) is 3.60. The standard InChI is InChI=1S/C12H15N2S2/c1-5-15-10-7-9-11(6-8(10)13-4)16-12(2,3)14-9/h4,6-7,14H,5H2,1-3H3/q+1. The minimum Gasteiger partial charge on any atom is -0.370 e. The van der Waals surface area contributed by atoms with E-state index in [0.29, 0.717) is 0 Å². The molecule has 1 aromatic rings. The lowest BCUT2D eigenvalue weighted by molar-refractivity contribution is 0.836. The Morgan fingerprint density at radius 2 is 2.25 bits per heavy atom. The number of anilines is 1. The lowest BCUT2D eigenvalue weighted by Crippen LogP contribution is -2.20. The highest BCUT2D eigenvalue weighted by atomic mass is 32.2. The van der Waals surface area contributed by atoms with Crippen LogP contribution in [0.1, 0.15) is 20.8 Å². The second-order valence-corrected chi connectivity index (χ2v) is 7.09.